The largest absolute Gasteiger partial charge is 0.481 e. The minimum absolute atomic E-state index is 0.115. The average molecular weight is 281 g/mol. The third-order valence-corrected chi connectivity index (χ3v) is 3.58. The highest BCUT2D eigenvalue weighted by Crippen LogP contribution is 2.28. The van der Waals surface area contributed by atoms with Gasteiger partial charge in [0.1, 0.15) is 5.82 Å². The van der Waals surface area contributed by atoms with E-state index in [2.05, 4.69) is 9.97 Å². The number of nitrogens with zero attached hydrogens (tertiary/aromatic N) is 1. The maximum Gasteiger partial charge on any atom is 0.303 e. The first-order valence-electron chi connectivity index (χ1n) is 6.14. The van der Waals surface area contributed by atoms with Gasteiger partial charge in [-0.2, -0.15) is 0 Å². The van der Waals surface area contributed by atoms with Crippen LogP contribution in [-0.2, 0) is 11.2 Å². The van der Waals surface area contributed by atoms with Crippen LogP contribution in [0.1, 0.15) is 31.7 Å². The lowest BCUT2D eigenvalue weighted by Gasteiger charge is -2.20. The number of imidazole rings is 1. The first-order chi connectivity index (χ1) is 8.78. The van der Waals surface area contributed by atoms with Crippen molar-refractivity contribution in [2.75, 3.05) is 0 Å². The lowest BCUT2D eigenvalue weighted by atomic mass is 9.85. The van der Waals surface area contributed by atoms with Crippen molar-refractivity contribution in [2.24, 2.45) is 5.41 Å². The number of hydrogen-bond acceptors (Lipinski definition) is 2. The number of aromatic amines is 1. The average Bonchev–Trinajstić information content (AvgIpc) is 2.64. The summed E-state index contributed by atoms with van der Waals surface area (Å²) in [6.45, 7) is 5.78. The van der Waals surface area contributed by atoms with Crippen LogP contribution in [0, 0.1) is 12.3 Å². The molecule has 2 rings (SSSR count). The highest BCUT2D eigenvalue weighted by molar-refractivity contribution is 6.32. The number of carbonyl (C=O) groups is 1. The zero-order valence-corrected chi connectivity index (χ0v) is 12.0. The highest BCUT2D eigenvalue weighted by Gasteiger charge is 2.24. The van der Waals surface area contributed by atoms with Gasteiger partial charge in [0.15, 0.2) is 0 Å². The van der Waals surface area contributed by atoms with Crippen LogP contribution in [0.15, 0.2) is 12.1 Å². The SMILES string of the molecule is Cc1c(Cl)ccc2[nH]c(CC(C)(C)CC(=O)O)nc12. The minimum atomic E-state index is -0.791. The number of aliphatic carboxylic acids is 1. The van der Waals surface area contributed by atoms with Gasteiger partial charge in [-0.05, 0) is 30.0 Å². The second-order valence-electron chi connectivity index (χ2n) is 5.66. The molecule has 0 aliphatic heterocycles. The standard InChI is InChI=1S/C14H17ClN2O2/c1-8-9(15)4-5-10-13(8)17-11(16-10)6-14(2,3)7-12(18)19/h4-5H,6-7H2,1-3H3,(H,16,17)(H,18,19). The summed E-state index contributed by atoms with van der Waals surface area (Å²) in [7, 11) is 0. The molecule has 0 bridgehead atoms. The van der Waals surface area contributed by atoms with Gasteiger partial charge in [-0.15, -0.1) is 0 Å². The van der Waals surface area contributed by atoms with Crippen molar-refractivity contribution in [2.45, 2.75) is 33.6 Å². The molecule has 0 atom stereocenters. The summed E-state index contributed by atoms with van der Waals surface area (Å²) in [5, 5.41) is 9.59. The van der Waals surface area contributed by atoms with Crippen LogP contribution < -0.4 is 0 Å². The third kappa shape index (κ3) is 3.07. The maximum atomic E-state index is 10.8. The molecule has 4 nitrogen and oxygen atoms in total. The van der Waals surface area contributed by atoms with E-state index in [9.17, 15) is 4.79 Å². The Bertz CT molecular complexity index is 632. The zero-order chi connectivity index (χ0) is 14.2. The molecule has 5 heteroatoms. The molecular weight excluding hydrogens is 264 g/mol. The Balaban J connectivity index is 2.32. The van der Waals surface area contributed by atoms with Gasteiger partial charge < -0.3 is 10.1 Å². The molecule has 0 saturated carbocycles. The van der Waals surface area contributed by atoms with Crippen LogP contribution >= 0.6 is 11.6 Å². The molecule has 1 aromatic carbocycles. The fraction of sp³-hybridized carbons (Fsp3) is 0.429. The molecule has 0 aliphatic rings. The molecule has 19 heavy (non-hydrogen) atoms. The van der Waals surface area contributed by atoms with E-state index in [0.717, 1.165) is 22.4 Å². The van der Waals surface area contributed by atoms with Gasteiger partial charge in [0.2, 0.25) is 0 Å². The molecule has 102 valence electrons. The number of nitrogens with one attached hydrogen (secondary N) is 1. The monoisotopic (exact) mass is 280 g/mol. The third-order valence-electron chi connectivity index (χ3n) is 3.17. The van der Waals surface area contributed by atoms with E-state index < -0.39 is 5.97 Å². The maximum absolute atomic E-state index is 10.8. The molecule has 0 amide bonds. The number of benzene rings is 1. The Morgan fingerprint density at radius 3 is 2.79 bits per heavy atom. The second kappa shape index (κ2) is 4.85. The van der Waals surface area contributed by atoms with E-state index in [1.54, 1.807) is 0 Å². The van der Waals surface area contributed by atoms with Crippen molar-refractivity contribution in [3.8, 4) is 0 Å². The molecular formula is C14H17ClN2O2. The predicted octanol–water partition coefficient (Wildman–Crippen LogP) is 3.57. The lowest BCUT2D eigenvalue weighted by Crippen LogP contribution is -2.20. The van der Waals surface area contributed by atoms with E-state index in [1.165, 1.54) is 0 Å². The fourth-order valence-electron chi connectivity index (χ4n) is 2.25. The first kappa shape index (κ1) is 13.9. The zero-order valence-electron chi connectivity index (χ0n) is 11.2. The van der Waals surface area contributed by atoms with E-state index >= 15 is 0 Å². The van der Waals surface area contributed by atoms with Crippen LogP contribution in [0.25, 0.3) is 11.0 Å². The molecule has 0 radical (unpaired) electrons. The number of rotatable bonds is 4. The number of aromatic nitrogens is 2. The Hall–Kier alpha value is -1.55. The smallest absolute Gasteiger partial charge is 0.303 e. The summed E-state index contributed by atoms with van der Waals surface area (Å²) in [4.78, 5) is 18.6. The minimum Gasteiger partial charge on any atom is -0.481 e. The Morgan fingerprint density at radius 2 is 2.16 bits per heavy atom. The van der Waals surface area contributed by atoms with Gasteiger partial charge in [0.25, 0.3) is 0 Å². The second-order valence-corrected chi connectivity index (χ2v) is 6.07. The molecule has 0 spiro atoms. The van der Waals surface area contributed by atoms with E-state index in [-0.39, 0.29) is 11.8 Å². The van der Waals surface area contributed by atoms with Crippen LogP contribution in [0.5, 0.6) is 0 Å². The lowest BCUT2D eigenvalue weighted by molar-refractivity contribution is -0.139. The van der Waals surface area contributed by atoms with Crippen LogP contribution in [-0.4, -0.2) is 21.0 Å². The number of hydrogen-bond donors (Lipinski definition) is 2. The number of H-pyrrole nitrogens is 1. The Kier molecular flexibility index (Phi) is 3.54. The number of fused-ring (bicyclic) bond motifs is 1. The summed E-state index contributed by atoms with van der Waals surface area (Å²) < 4.78 is 0. The van der Waals surface area contributed by atoms with Gasteiger partial charge >= 0.3 is 5.97 Å². The summed E-state index contributed by atoms with van der Waals surface area (Å²) >= 11 is 6.07. The van der Waals surface area contributed by atoms with Crippen molar-refractivity contribution < 1.29 is 9.90 Å². The van der Waals surface area contributed by atoms with Gasteiger partial charge in [-0.25, -0.2) is 4.98 Å². The molecule has 1 heterocycles. The van der Waals surface area contributed by atoms with Gasteiger partial charge in [0.05, 0.1) is 17.5 Å². The molecule has 2 aromatic rings. The Morgan fingerprint density at radius 1 is 1.47 bits per heavy atom. The number of carboxylic acid groups (broad SMARTS) is 1. The molecule has 2 N–H and O–H groups in total. The van der Waals surface area contributed by atoms with Gasteiger partial charge in [-0.3, -0.25) is 4.79 Å². The van der Waals surface area contributed by atoms with Crippen LogP contribution in [0.4, 0.5) is 0 Å². The van der Waals surface area contributed by atoms with E-state index in [0.29, 0.717) is 11.4 Å². The van der Waals surface area contributed by atoms with E-state index in [4.69, 9.17) is 16.7 Å². The predicted molar refractivity (Wildman–Crippen MR) is 75.6 cm³/mol. The number of carboxylic acids is 1. The van der Waals surface area contributed by atoms with E-state index in [1.807, 2.05) is 32.9 Å². The molecule has 1 aromatic heterocycles. The van der Waals surface area contributed by atoms with Crippen molar-refractivity contribution in [3.05, 3.63) is 28.5 Å². The van der Waals surface area contributed by atoms with Crippen molar-refractivity contribution in [1.29, 1.82) is 0 Å². The Labute approximate surface area is 116 Å². The molecule has 0 saturated heterocycles. The summed E-state index contributed by atoms with van der Waals surface area (Å²) in [5.41, 5.74) is 2.39. The normalized spacial score (nSPS) is 12.0. The topological polar surface area (TPSA) is 66.0 Å². The van der Waals surface area contributed by atoms with Crippen molar-refractivity contribution >= 4 is 28.6 Å². The quantitative estimate of drug-likeness (QED) is 0.900. The highest BCUT2D eigenvalue weighted by atomic mass is 35.5. The molecule has 0 aliphatic carbocycles. The molecule has 0 unspecified atom stereocenters. The molecule has 0 fully saturated rings. The number of halogens is 1. The summed E-state index contributed by atoms with van der Waals surface area (Å²) in [6, 6.07) is 3.73. The van der Waals surface area contributed by atoms with Crippen molar-refractivity contribution in [1.82, 2.24) is 9.97 Å². The summed E-state index contributed by atoms with van der Waals surface area (Å²) in [6.07, 6.45) is 0.703. The first-order valence-corrected chi connectivity index (χ1v) is 6.52. The van der Waals surface area contributed by atoms with Crippen molar-refractivity contribution in [3.63, 3.8) is 0 Å². The summed E-state index contributed by atoms with van der Waals surface area (Å²) in [5.74, 6) is 0.00644. The number of aryl methyl sites for hydroxylation is 1. The van der Waals surface area contributed by atoms with Gasteiger partial charge in [0, 0.05) is 11.4 Å². The van der Waals surface area contributed by atoms with Crippen LogP contribution in [0.3, 0.4) is 0 Å². The fourth-order valence-corrected chi connectivity index (χ4v) is 2.40. The van der Waals surface area contributed by atoms with Crippen LogP contribution in [0.2, 0.25) is 5.02 Å². The van der Waals surface area contributed by atoms with Gasteiger partial charge in [-0.1, -0.05) is 25.4 Å².